The van der Waals surface area contributed by atoms with Crippen LogP contribution < -0.4 is 10.1 Å². The molecule has 0 spiro atoms. The zero-order valence-electron chi connectivity index (χ0n) is 13.7. The van der Waals surface area contributed by atoms with E-state index >= 15 is 0 Å². The van der Waals surface area contributed by atoms with Gasteiger partial charge in [-0.05, 0) is 18.6 Å². The molecule has 0 fully saturated rings. The fourth-order valence-corrected chi connectivity index (χ4v) is 3.73. The normalized spacial score (nSPS) is 12.8. The highest BCUT2D eigenvalue weighted by Gasteiger charge is 2.28. The summed E-state index contributed by atoms with van der Waals surface area (Å²) in [7, 11) is 0. The number of nitrogens with zero attached hydrogens (tertiary/aromatic N) is 2. The quantitative estimate of drug-likeness (QED) is 0.758. The third-order valence-corrected chi connectivity index (χ3v) is 5.20. The third-order valence-electron chi connectivity index (χ3n) is 4.21. The fourth-order valence-electron chi connectivity index (χ4n) is 3.03. The second-order valence-electron chi connectivity index (χ2n) is 5.84. The van der Waals surface area contributed by atoms with Crippen molar-refractivity contribution in [2.24, 2.45) is 0 Å². The van der Waals surface area contributed by atoms with Crippen LogP contribution in [0.2, 0.25) is 0 Å². The van der Waals surface area contributed by atoms with E-state index < -0.39 is 0 Å². The minimum Gasteiger partial charge on any atom is -0.457 e. The first-order chi connectivity index (χ1) is 12.2. The number of amides is 1. The van der Waals surface area contributed by atoms with Crippen LogP contribution in [0.15, 0.2) is 48.5 Å². The third kappa shape index (κ3) is 3.13. The number of benzene rings is 2. The summed E-state index contributed by atoms with van der Waals surface area (Å²) in [4.78, 5) is 12.6. The maximum Gasteiger partial charge on any atom is 0.227 e. The molecule has 3 aromatic rings. The molecule has 25 heavy (non-hydrogen) atoms. The highest BCUT2D eigenvalue weighted by Crippen LogP contribution is 2.45. The molecule has 2 aromatic carbocycles. The molecule has 0 radical (unpaired) electrons. The van der Waals surface area contributed by atoms with Crippen molar-refractivity contribution >= 4 is 22.4 Å². The van der Waals surface area contributed by atoms with Gasteiger partial charge in [-0.3, -0.25) is 4.79 Å². The minimum atomic E-state index is -0.0738. The number of rotatable bonds is 4. The Bertz CT molecular complexity index is 877. The lowest BCUT2D eigenvalue weighted by Crippen LogP contribution is -2.19. The van der Waals surface area contributed by atoms with Gasteiger partial charge in [-0.1, -0.05) is 54.7 Å². The molecule has 0 aliphatic carbocycles. The van der Waals surface area contributed by atoms with E-state index in [-0.39, 0.29) is 11.8 Å². The van der Waals surface area contributed by atoms with Crippen molar-refractivity contribution in [3.63, 3.8) is 0 Å². The molecule has 126 valence electrons. The number of anilines is 1. The van der Waals surface area contributed by atoms with E-state index in [1.165, 1.54) is 11.3 Å². The summed E-state index contributed by atoms with van der Waals surface area (Å²) in [5, 5.41) is 12.4. The van der Waals surface area contributed by atoms with Gasteiger partial charge in [0.1, 0.15) is 16.5 Å². The predicted molar refractivity (Wildman–Crippen MR) is 97.3 cm³/mol. The van der Waals surface area contributed by atoms with E-state index in [1.54, 1.807) is 0 Å². The Labute approximate surface area is 149 Å². The topological polar surface area (TPSA) is 64.1 Å². The van der Waals surface area contributed by atoms with Crippen LogP contribution in [-0.4, -0.2) is 16.1 Å². The van der Waals surface area contributed by atoms with Crippen LogP contribution >= 0.6 is 11.3 Å². The first kappa shape index (κ1) is 15.8. The Morgan fingerprint density at radius 2 is 1.72 bits per heavy atom. The number of para-hydroxylation sites is 2. The van der Waals surface area contributed by atoms with Gasteiger partial charge in [0.05, 0.1) is 0 Å². The summed E-state index contributed by atoms with van der Waals surface area (Å²) in [5.74, 6) is 1.50. The van der Waals surface area contributed by atoms with Gasteiger partial charge in [0, 0.05) is 23.5 Å². The smallest absolute Gasteiger partial charge is 0.227 e. The lowest BCUT2D eigenvalue weighted by atomic mass is 9.85. The van der Waals surface area contributed by atoms with E-state index in [0.717, 1.165) is 34.1 Å². The molecule has 0 atom stereocenters. The van der Waals surface area contributed by atoms with Crippen molar-refractivity contribution in [2.45, 2.75) is 25.7 Å². The van der Waals surface area contributed by atoms with Crippen molar-refractivity contribution in [3.05, 3.63) is 64.7 Å². The lowest BCUT2D eigenvalue weighted by Gasteiger charge is -2.27. The van der Waals surface area contributed by atoms with Gasteiger partial charge in [-0.25, -0.2) is 0 Å². The van der Waals surface area contributed by atoms with E-state index in [1.807, 2.05) is 55.5 Å². The van der Waals surface area contributed by atoms with Crippen LogP contribution in [0, 0.1) is 0 Å². The molecule has 0 saturated heterocycles. The van der Waals surface area contributed by atoms with Crippen molar-refractivity contribution in [3.8, 4) is 11.5 Å². The minimum absolute atomic E-state index is 0.0419. The van der Waals surface area contributed by atoms with E-state index in [9.17, 15) is 4.79 Å². The van der Waals surface area contributed by atoms with E-state index in [2.05, 4.69) is 15.5 Å². The van der Waals surface area contributed by atoms with Crippen molar-refractivity contribution in [1.82, 2.24) is 10.2 Å². The summed E-state index contributed by atoms with van der Waals surface area (Å²) in [5.41, 5.74) is 2.06. The van der Waals surface area contributed by atoms with Crippen LogP contribution in [0.25, 0.3) is 0 Å². The second-order valence-corrected chi connectivity index (χ2v) is 6.90. The summed E-state index contributed by atoms with van der Waals surface area (Å²) in [6.07, 6.45) is 1.15. The van der Waals surface area contributed by atoms with Gasteiger partial charge < -0.3 is 10.1 Å². The number of aryl methyl sites for hydroxylation is 1. The summed E-state index contributed by atoms with van der Waals surface area (Å²) < 4.78 is 5.97. The molecule has 1 aromatic heterocycles. The largest absolute Gasteiger partial charge is 0.457 e. The number of aromatic nitrogens is 2. The number of carbonyl (C=O) groups excluding carboxylic acids is 1. The Hall–Kier alpha value is -2.73. The first-order valence-corrected chi connectivity index (χ1v) is 9.04. The first-order valence-electron chi connectivity index (χ1n) is 8.22. The Morgan fingerprint density at radius 1 is 1.08 bits per heavy atom. The zero-order chi connectivity index (χ0) is 17.2. The number of carbonyl (C=O) groups is 1. The summed E-state index contributed by atoms with van der Waals surface area (Å²) in [6.45, 7) is 2.02. The summed E-state index contributed by atoms with van der Waals surface area (Å²) >= 11 is 1.42. The van der Waals surface area contributed by atoms with Crippen molar-refractivity contribution in [1.29, 1.82) is 0 Å². The fraction of sp³-hybridized carbons (Fsp3) is 0.211. The number of ether oxygens (including phenoxy) is 1. The van der Waals surface area contributed by atoms with Gasteiger partial charge in [0.25, 0.3) is 0 Å². The molecule has 1 amide bonds. The average Bonchev–Trinajstić information content (AvgIpc) is 3.09. The Balaban J connectivity index is 1.60. The Kier molecular flexibility index (Phi) is 4.19. The van der Waals surface area contributed by atoms with E-state index in [0.29, 0.717) is 11.6 Å². The molecular weight excluding hydrogens is 334 g/mol. The predicted octanol–water partition coefficient (Wildman–Crippen LogP) is 4.37. The molecule has 2 heterocycles. The molecular formula is C19H17N3O2S. The van der Waals surface area contributed by atoms with Gasteiger partial charge in [-0.15, -0.1) is 10.2 Å². The van der Waals surface area contributed by atoms with Crippen LogP contribution in [0.4, 0.5) is 5.13 Å². The zero-order valence-corrected chi connectivity index (χ0v) is 14.5. The van der Waals surface area contributed by atoms with Crippen LogP contribution in [0.1, 0.15) is 35.4 Å². The molecule has 1 aliphatic heterocycles. The Morgan fingerprint density at radius 3 is 2.32 bits per heavy atom. The molecule has 5 nitrogen and oxygen atoms in total. The van der Waals surface area contributed by atoms with Crippen molar-refractivity contribution < 1.29 is 9.53 Å². The molecule has 0 unspecified atom stereocenters. The van der Waals surface area contributed by atoms with Crippen LogP contribution in [0.3, 0.4) is 0 Å². The number of hydrogen-bond acceptors (Lipinski definition) is 5. The van der Waals surface area contributed by atoms with Gasteiger partial charge in [0.15, 0.2) is 0 Å². The molecule has 1 aliphatic rings. The number of hydrogen-bond donors (Lipinski definition) is 1. The second kappa shape index (κ2) is 6.64. The van der Waals surface area contributed by atoms with Crippen molar-refractivity contribution in [2.75, 3.05) is 5.32 Å². The molecule has 1 N–H and O–H groups in total. The standard InChI is InChI=1S/C19H17N3O2S/c1-2-18-21-22-19(25-18)20-17(23)11-14-12-7-3-5-9-15(12)24-16-10-6-4-8-13(14)16/h3-10,14H,2,11H2,1H3,(H,20,22,23). The van der Waals surface area contributed by atoms with Crippen LogP contribution in [0.5, 0.6) is 11.5 Å². The van der Waals surface area contributed by atoms with E-state index in [4.69, 9.17) is 4.74 Å². The monoisotopic (exact) mass is 351 g/mol. The SMILES string of the molecule is CCc1nnc(NC(=O)CC2c3ccccc3Oc3ccccc32)s1. The maximum atomic E-state index is 12.6. The summed E-state index contributed by atoms with van der Waals surface area (Å²) in [6, 6.07) is 15.7. The average molecular weight is 351 g/mol. The highest BCUT2D eigenvalue weighted by atomic mass is 32.1. The molecule has 6 heteroatoms. The van der Waals surface area contributed by atoms with Gasteiger partial charge in [-0.2, -0.15) is 0 Å². The molecule has 4 rings (SSSR count). The highest BCUT2D eigenvalue weighted by molar-refractivity contribution is 7.15. The molecule has 0 bridgehead atoms. The number of fused-ring (bicyclic) bond motifs is 2. The van der Waals surface area contributed by atoms with Crippen LogP contribution in [-0.2, 0) is 11.2 Å². The van der Waals surface area contributed by atoms with Gasteiger partial charge in [0.2, 0.25) is 11.0 Å². The number of nitrogens with one attached hydrogen (secondary N) is 1. The molecule has 0 saturated carbocycles. The van der Waals surface area contributed by atoms with Gasteiger partial charge >= 0.3 is 0 Å². The lowest BCUT2D eigenvalue weighted by molar-refractivity contribution is -0.116. The maximum absolute atomic E-state index is 12.6.